The molecule has 1 fully saturated rings. The summed E-state index contributed by atoms with van der Waals surface area (Å²) >= 11 is 1.76. The van der Waals surface area contributed by atoms with Crippen molar-refractivity contribution in [3.05, 3.63) is 23.8 Å². The third-order valence-electron chi connectivity index (χ3n) is 2.01. The van der Waals surface area contributed by atoms with Crippen LogP contribution in [0, 0.1) is 0 Å². The van der Waals surface area contributed by atoms with Crippen molar-refractivity contribution < 1.29 is 14.6 Å². The van der Waals surface area contributed by atoms with E-state index in [-0.39, 0.29) is 11.2 Å². The fourth-order valence-corrected chi connectivity index (χ4v) is 2.27. The minimum absolute atomic E-state index is 0.283. The van der Waals surface area contributed by atoms with Gasteiger partial charge in [-0.3, -0.25) is 4.89 Å². The van der Waals surface area contributed by atoms with Crippen LogP contribution >= 0.6 is 11.8 Å². The molecule has 0 aromatic rings. The number of allylic oxidation sites excluding steroid dienone is 2. The predicted octanol–water partition coefficient (Wildman–Crippen LogP) is 2.24. The van der Waals surface area contributed by atoms with Crippen LogP contribution in [-0.4, -0.2) is 22.1 Å². The molecule has 1 aliphatic carbocycles. The maximum absolute atomic E-state index is 11.6. The van der Waals surface area contributed by atoms with Gasteiger partial charge in [0.1, 0.15) is 5.60 Å². The number of thioether (sulfide) groups is 1. The van der Waals surface area contributed by atoms with Crippen LogP contribution in [0.25, 0.3) is 0 Å². The van der Waals surface area contributed by atoms with E-state index >= 15 is 0 Å². The second kappa shape index (κ2) is 3.68. The first kappa shape index (κ1) is 10.8. The number of hydrogen-bond acceptors (Lipinski definition) is 4. The summed E-state index contributed by atoms with van der Waals surface area (Å²) < 4.78 is 0. The first-order valence-corrected chi connectivity index (χ1v) is 5.85. The first-order valence-electron chi connectivity index (χ1n) is 4.91. The SMILES string of the molecule is CC(C)(C)OOC(=O)C1=CC=CC2SC12. The molecule has 2 aliphatic rings. The molecule has 0 N–H and O–H groups in total. The van der Waals surface area contributed by atoms with Crippen molar-refractivity contribution in [1.29, 1.82) is 0 Å². The monoisotopic (exact) mass is 226 g/mol. The van der Waals surface area contributed by atoms with Crippen molar-refractivity contribution in [1.82, 2.24) is 0 Å². The van der Waals surface area contributed by atoms with Crippen molar-refractivity contribution in [2.75, 3.05) is 0 Å². The quantitative estimate of drug-likeness (QED) is 0.411. The zero-order valence-corrected chi connectivity index (χ0v) is 9.84. The van der Waals surface area contributed by atoms with Crippen molar-refractivity contribution in [3.63, 3.8) is 0 Å². The topological polar surface area (TPSA) is 35.5 Å². The van der Waals surface area contributed by atoms with Gasteiger partial charge in [-0.15, -0.1) is 11.8 Å². The zero-order chi connectivity index (χ0) is 11.1. The van der Waals surface area contributed by atoms with Crippen LogP contribution in [0.1, 0.15) is 20.8 Å². The van der Waals surface area contributed by atoms with E-state index in [0.29, 0.717) is 10.8 Å². The molecule has 3 nitrogen and oxygen atoms in total. The summed E-state index contributed by atoms with van der Waals surface area (Å²) in [5.41, 5.74) is 0.244. The smallest absolute Gasteiger partial charge is 0.293 e. The van der Waals surface area contributed by atoms with Crippen LogP contribution in [0.15, 0.2) is 23.8 Å². The lowest BCUT2D eigenvalue weighted by atomic mass is 10.1. The molecule has 0 aromatic heterocycles. The largest absolute Gasteiger partial charge is 0.370 e. The highest BCUT2D eigenvalue weighted by molar-refractivity contribution is 8.08. The minimum Gasteiger partial charge on any atom is -0.293 e. The Hall–Kier alpha value is -0.740. The van der Waals surface area contributed by atoms with E-state index in [1.54, 1.807) is 17.8 Å². The molecule has 0 aromatic carbocycles. The molecule has 0 radical (unpaired) electrons. The summed E-state index contributed by atoms with van der Waals surface area (Å²) in [7, 11) is 0. The molecular formula is C11H14O3S. The molecule has 82 valence electrons. The van der Waals surface area contributed by atoms with Crippen molar-refractivity contribution in [2.45, 2.75) is 36.9 Å². The van der Waals surface area contributed by atoms with Crippen LogP contribution in [0.4, 0.5) is 0 Å². The van der Waals surface area contributed by atoms with Gasteiger partial charge in [-0.05, 0) is 20.8 Å². The van der Waals surface area contributed by atoms with E-state index in [9.17, 15) is 4.79 Å². The maximum atomic E-state index is 11.6. The second-order valence-electron chi connectivity index (χ2n) is 4.59. The third kappa shape index (κ3) is 2.63. The maximum Gasteiger partial charge on any atom is 0.370 e. The van der Waals surface area contributed by atoms with Gasteiger partial charge < -0.3 is 0 Å². The Labute approximate surface area is 93.4 Å². The number of carbonyl (C=O) groups excluding carboxylic acids is 1. The van der Waals surface area contributed by atoms with Crippen molar-refractivity contribution in [2.24, 2.45) is 0 Å². The van der Waals surface area contributed by atoms with Crippen LogP contribution in [0.5, 0.6) is 0 Å². The molecule has 2 rings (SSSR count). The van der Waals surface area contributed by atoms with E-state index in [2.05, 4.69) is 6.08 Å². The highest BCUT2D eigenvalue weighted by Gasteiger charge is 2.44. The Bertz CT molecular complexity index is 338. The summed E-state index contributed by atoms with van der Waals surface area (Å²) in [5.74, 6) is -0.366. The lowest BCUT2D eigenvalue weighted by Crippen LogP contribution is -2.24. The summed E-state index contributed by atoms with van der Waals surface area (Å²) in [5, 5.41) is 0.748. The van der Waals surface area contributed by atoms with E-state index in [1.807, 2.05) is 26.8 Å². The average Bonchev–Trinajstić information content (AvgIpc) is 2.90. The molecule has 2 unspecified atom stereocenters. The lowest BCUT2D eigenvalue weighted by Gasteiger charge is -2.17. The lowest BCUT2D eigenvalue weighted by molar-refractivity contribution is -0.317. The predicted molar refractivity (Wildman–Crippen MR) is 59.3 cm³/mol. The van der Waals surface area contributed by atoms with Gasteiger partial charge in [-0.25, -0.2) is 4.79 Å². The van der Waals surface area contributed by atoms with Gasteiger partial charge in [0.15, 0.2) is 0 Å². The van der Waals surface area contributed by atoms with Gasteiger partial charge in [-0.1, -0.05) is 18.2 Å². The first-order chi connectivity index (χ1) is 6.97. The highest BCUT2D eigenvalue weighted by atomic mass is 32.2. The van der Waals surface area contributed by atoms with Gasteiger partial charge in [0.05, 0.1) is 10.8 Å². The van der Waals surface area contributed by atoms with Gasteiger partial charge >= 0.3 is 5.97 Å². The van der Waals surface area contributed by atoms with E-state index in [4.69, 9.17) is 9.78 Å². The van der Waals surface area contributed by atoms with Crippen molar-refractivity contribution in [3.8, 4) is 0 Å². The molecule has 1 aliphatic heterocycles. The third-order valence-corrected chi connectivity index (χ3v) is 3.28. The Morgan fingerprint density at radius 3 is 2.87 bits per heavy atom. The van der Waals surface area contributed by atoms with Gasteiger partial charge in [-0.2, -0.15) is 4.89 Å². The van der Waals surface area contributed by atoms with Crippen LogP contribution in [-0.2, 0) is 14.6 Å². The van der Waals surface area contributed by atoms with Crippen LogP contribution in [0.3, 0.4) is 0 Å². The number of fused-ring (bicyclic) bond motifs is 1. The summed E-state index contributed by atoms with van der Waals surface area (Å²) in [6.45, 7) is 5.51. The van der Waals surface area contributed by atoms with Gasteiger partial charge in [0.2, 0.25) is 0 Å². The standard InChI is InChI=1S/C11H14O3S/c1-11(2,3)14-13-10(12)7-5-4-6-8-9(7)15-8/h4-6,8-9H,1-3H3. The molecule has 0 saturated carbocycles. The van der Waals surface area contributed by atoms with Gasteiger partial charge in [0, 0.05) is 5.25 Å². The molecule has 1 heterocycles. The number of hydrogen-bond donors (Lipinski definition) is 0. The highest BCUT2D eigenvalue weighted by Crippen LogP contribution is 2.49. The summed E-state index contributed by atoms with van der Waals surface area (Å²) in [6, 6.07) is 0. The molecule has 1 saturated heterocycles. The Balaban J connectivity index is 1.91. The van der Waals surface area contributed by atoms with Gasteiger partial charge in [0.25, 0.3) is 0 Å². The fraction of sp³-hybridized carbons (Fsp3) is 0.545. The average molecular weight is 226 g/mol. The second-order valence-corrected chi connectivity index (χ2v) is 5.92. The number of rotatable bonds is 2. The Morgan fingerprint density at radius 1 is 1.47 bits per heavy atom. The van der Waals surface area contributed by atoms with Crippen LogP contribution < -0.4 is 0 Å². The molecule has 2 atom stereocenters. The van der Waals surface area contributed by atoms with Crippen molar-refractivity contribution >= 4 is 17.7 Å². The number of carbonyl (C=O) groups is 1. The Kier molecular flexibility index (Phi) is 2.64. The molecular weight excluding hydrogens is 212 g/mol. The molecule has 4 heteroatoms. The Morgan fingerprint density at radius 2 is 2.20 bits per heavy atom. The summed E-state index contributed by atoms with van der Waals surface area (Å²) in [4.78, 5) is 21.4. The molecule has 0 amide bonds. The zero-order valence-electron chi connectivity index (χ0n) is 9.02. The van der Waals surface area contributed by atoms with Crippen LogP contribution in [0.2, 0.25) is 0 Å². The minimum atomic E-state index is -0.461. The normalized spacial score (nSPS) is 28.1. The molecule has 0 spiro atoms. The fourth-order valence-electron chi connectivity index (χ4n) is 1.28. The summed E-state index contributed by atoms with van der Waals surface area (Å²) in [6.07, 6.45) is 5.79. The molecule has 15 heavy (non-hydrogen) atoms. The molecule has 0 bridgehead atoms. The van der Waals surface area contributed by atoms with E-state index in [1.165, 1.54) is 0 Å². The van der Waals surface area contributed by atoms with E-state index < -0.39 is 5.60 Å². The van der Waals surface area contributed by atoms with E-state index in [0.717, 1.165) is 0 Å².